The van der Waals surface area contributed by atoms with E-state index in [4.69, 9.17) is 11.6 Å². The molecule has 37 heavy (non-hydrogen) atoms. The van der Waals surface area contributed by atoms with Crippen molar-refractivity contribution in [3.05, 3.63) is 62.2 Å². The summed E-state index contributed by atoms with van der Waals surface area (Å²) in [5.74, 6) is 0.129. The first-order valence-electron chi connectivity index (χ1n) is 12.6. The van der Waals surface area contributed by atoms with E-state index in [1.807, 2.05) is 49.1 Å². The van der Waals surface area contributed by atoms with Crippen molar-refractivity contribution in [3.63, 3.8) is 0 Å². The summed E-state index contributed by atoms with van der Waals surface area (Å²) in [4.78, 5) is 29.0. The summed E-state index contributed by atoms with van der Waals surface area (Å²) in [6.07, 6.45) is 1.95. The monoisotopic (exact) mass is 548 g/mol. The van der Waals surface area contributed by atoms with Gasteiger partial charge in [0.1, 0.15) is 11.3 Å². The largest absolute Gasteiger partial charge is 0.506 e. The summed E-state index contributed by atoms with van der Waals surface area (Å²) >= 11 is 7.03. The second-order valence-corrected chi connectivity index (χ2v) is 11.4. The minimum absolute atomic E-state index is 0.0000637. The second-order valence-electron chi connectivity index (χ2n) is 9.98. The van der Waals surface area contributed by atoms with E-state index in [0.29, 0.717) is 51.1 Å². The Labute approximate surface area is 226 Å². The number of fused-ring (bicyclic) bond motifs is 1. The van der Waals surface area contributed by atoms with E-state index in [-0.39, 0.29) is 28.6 Å². The molecule has 0 unspecified atom stereocenters. The van der Waals surface area contributed by atoms with Gasteiger partial charge in [-0.2, -0.15) is 0 Å². The third kappa shape index (κ3) is 9.12. The topological polar surface area (TPSA) is 118 Å². The van der Waals surface area contributed by atoms with E-state index in [1.54, 1.807) is 6.07 Å². The molecule has 1 amide bonds. The molecule has 1 aromatic heterocycles. The van der Waals surface area contributed by atoms with Crippen molar-refractivity contribution in [2.45, 2.75) is 33.1 Å². The van der Waals surface area contributed by atoms with Gasteiger partial charge in [-0.1, -0.05) is 55.0 Å². The van der Waals surface area contributed by atoms with Crippen LogP contribution in [0.15, 0.2) is 41.2 Å². The Bertz CT molecular complexity index is 1210. The molecule has 0 spiro atoms. The first kappa shape index (κ1) is 29.1. The molecule has 0 bridgehead atoms. The number of carbonyl (C=O) groups is 1. The van der Waals surface area contributed by atoms with Crippen LogP contribution in [-0.2, 0) is 17.6 Å². The lowest BCUT2D eigenvalue weighted by Crippen LogP contribution is -2.44. The van der Waals surface area contributed by atoms with Crippen molar-refractivity contribution < 1.29 is 15.0 Å². The van der Waals surface area contributed by atoms with Gasteiger partial charge in [0.25, 0.3) is 0 Å². The number of amides is 1. The average Bonchev–Trinajstić information content (AvgIpc) is 3.27. The molecule has 0 saturated heterocycles. The van der Waals surface area contributed by atoms with Crippen molar-refractivity contribution in [2.75, 3.05) is 45.9 Å². The maximum absolute atomic E-state index is 13.0. The fourth-order valence-electron chi connectivity index (χ4n) is 4.05. The number of hydrogen-bond acceptors (Lipinski definition) is 7. The summed E-state index contributed by atoms with van der Waals surface area (Å²) in [7, 11) is 0. The number of phenolic OH excluding ortho intramolecular Hbond substituents is 1. The predicted molar refractivity (Wildman–Crippen MR) is 151 cm³/mol. The van der Waals surface area contributed by atoms with Crippen LogP contribution in [0.25, 0.3) is 10.2 Å². The summed E-state index contributed by atoms with van der Waals surface area (Å²) in [6, 6.07) is 11.2. The molecule has 2 aromatic carbocycles. The summed E-state index contributed by atoms with van der Waals surface area (Å²) in [6.45, 7) is 7.56. The number of aromatic amines is 1. The summed E-state index contributed by atoms with van der Waals surface area (Å²) < 4.78 is 0.775. The minimum atomic E-state index is -0.388. The molecule has 3 rings (SSSR count). The van der Waals surface area contributed by atoms with Gasteiger partial charge < -0.3 is 30.7 Å². The number of rotatable bonds is 15. The number of H-pyrrole nitrogens is 1. The maximum atomic E-state index is 13.0. The lowest BCUT2D eigenvalue weighted by atomic mass is 9.94. The number of aromatic hydroxyl groups is 1. The highest BCUT2D eigenvalue weighted by Gasteiger charge is 2.24. The van der Waals surface area contributed by atoms with E-state index >= 15 is 0 Å². The molecule has 1 heterocycles. The van der Waals surface area contributed by atoms with Gasteiger partial charge in [0.15, 0.2) is 0 Å². The maximum Gasteiger partial charge on any atom is 0.305 e. The average molecular weight is 549 g/mol. The second kappa shape index (κ2) is 13.9. The van der Waals surface area contributed by atoms with Crippen LogP contribution in [0.4, 0.5) is 0 Å². The van der Waals surface area contributed by atoms with E-state index in [0.717, 1.165) is 39.6 Å². The quantitative estimate of drug-likeness (QED) is 0.186. The first-order chi connectivity index (χ1) is 17.7. The molecule has 0 aliphatic rings. The van der Waals surface area contributed by atoms with Crippen molar-refractivity contribution in [2.24, 2.45) is 5.41 Å². The highest BCUT2D eigenvalue weighted by atomic mass is 35.5. The molecule has 10 heteroatoms. The number of thiazole rings is 1. The van der Waals surface area contributed by atoms with Crippen LogP contribution in [0.1, 0.15) is 31.4 Å². The molecule has 0 fully saturated rings. The number of phenols is 1. The number of benzene rings is 2. The number of aromatic nitrogens is 1. The van der Waals surface area contributed by atoms with Gasteiger partial charge in [0, 0.05) is 49.6 Å². The zero-order chi connectivity index (χ0) is 26.8. The molecule has 3 aromatic rings. The third-order valence-corrected chi connectivity index (χ3v) is 7.40. The minimum Gasteiger partial charge on any atom is -0.506 e. The number of halogens is 1. The molecule has 0 aliphatic carbocycles. The molecule has 0 atom stereocenters. The van der Waals surface area contributed by atoms with Crippen molar-refractivity contribution in [3.8, 4) is 5.75 Å². The fraction of sp³-hybridized carbons (Fsp3) is 0.481. The molecule has 0 saturated carbocycles. The van der Waals surface area contributed by atoms with Crippen LogP contribution in [0, 0.1) is 5.41 Å². The zero-order valence-electron chi connectivity index (χ0n) is 21.5. The number of hydrogen-bond donors (Lipinski definition) is 5. The van der Waals surface area contributed by atoms with Gasteiger partial charge >= 0.3 is 4.87 Å². The number of nitrogens with one attached hydrogen (secondary N) is 3. The van der Waals surface area contributed by atoms with Crippen LogP contribution in [0.3, 0.4) is 0 Å². The van der Waals surface area contributed by atoms with Crippen molar-refractivity contribution in [1.82, 2.24) is 20.5 Å². The zero-order valence-corrected chi connectivity index (χ0v) is 23.1. The standard InChI is InChI=1S/C27H37ClN4O4S/c1-27(2,18-33)17-32(23(35)11-14-29-12-9-19-3-6-21(28)7-4-19)16-15-30-13-10-20-5-8-22(34)24-25(20)37-26(36)31-24/h3-8,29-30,33-34H,9-18H2,1-2H3,(H,31,36). The molecule has 0 aliphatic heterocycles. The Morgan fingerprint density at radius 2 is 1.76 bits per heavy atom. The van der Waals surface area contributed by atoms with Gasteiger partial charge in [-0.05, 0) is 55.3 Å². The number of carbonyl (C=O) groups excluding carboxylic acids is 1. The number of aliphatic hydroxyl groups is 1. The van der Waals surface area contributed by atoms with E-state index < -0.39 is 0 Å². The van der Waals surface area contributed by atoms with Gasteiger partial charge in [0.2, 0.25) is 5.91 Å². The normalized spacial score (nSPS) is 11.8. The molecule has 0 radical (unpaired) electrons. The Morgan fingerprint density at radius 3 is 2.49 bits per heavy atom. The predicted octanol–water partition coefficient (Wildman–Crippen LogP) is 3.15. The fourth-order valence-corrected chi connectivity index (χ4v) is 5.08. The van der Waals surface area contributed by atoms with Gasteiger partial charge in [-0.15, -0.1) is 0 Å². The lowest BCUT2D eigenvalue weighted by molar-refractivity contribution is -0.132. The molecule has 202 valence electrons. The van der Waals surface area contributed by atoms with Crippen LogP contribution < -0.4 is 15.5 Å². The molecule has 8 nitrogen and oxygen atoms in total. The number of nitrogens with zero attached hydrogens (tertiary/aromatic N) is 1. The lowest BCUT2D eigenvalue weighted by Gasteiger charge is -2.31. The highest BCUT2D eigenvalue weighted by molar-refractivity contribution is 7.16. The molecular weight excluding hydrogens is 512 g/mol. The van der Waals surface area contributed by atoms with Crippen molar-refractivity contribution >= 4 is 39.1 Å². The summed E-state index contributed by atoms with van der Waals surface area (Å²) in [5, 5.41) is 27.1. The third-order valence-electron chi connectivity index (χ3n) is 6.19. The van der Waals surface area contributed by atoms with Crippen molar-refractivity contribution in [1.29, 1.82) is 0 Å². The summed E-state index contributed by atoms with van der Waals surface area (Å²) in [5.41, 5.74) is 2.28. The molecule has 5 N–H and O–H groups in total. The van der Waals surface area contributed by atoms with E-state index in [2.05, 4.69) is 15.6 Å². The van der Waals surface area contributed by atoms with Crippen LogP contribution >= 0.6 is 22.9 Å². The Morgan fingerprint density at radius 1 is 1.05 bits per heavy atom. The van der Waals surface area contributed by atoms with Crippen LogP contribution in [-0.4, -0.2) is 71.9 Å². The first-order valence-corrected chi connectivity index (χ1v) is 13.8. The van der Waals surface area contributed by atoms with Crippen LogP contribution in [0.5, 0.6) is 5.75 Å². The van der Waals surface area contributed by atoms with Crippen LogP contribution in [0.2, 0.25) is 5.02 Å². The van der Waals surface area contributed by atoms with E-state index in [9.17, 15) is 19.8 Å². The highest BCUT2D eigenvalue weighted by Crippen LogP contribution is 2.27. The van der Waals surface area contributed by atoms with E-state index in [1.165, 1.54) is 5.56 Å². The van der Waals surface area contributed by atoms with Gasteiger partial charge in [-0.25, -0.2) is 0 Å². The van der Waals surface area contributed by atoms with Gasteiger partial charge in [-0.3, -0.25) is 9.59 Å². The Balaban J connectivity index is 1.44. The SMILES string of the molecule is CC(C)(CO)CN(CCNCCc1ccc(O)c2[nH]c(=O)sc12)C(=O)CCNCCc1ccc(Cl)cc1. The smallest absolute Gasteiger partial charge is 0.305 e. The Kier molecular flexibility index (Phi) is 11.0. The van der Waals surface area contributed by atoms with Gasteiger partial charge in [0.05, 0.1) is 4.70 Å². The number of aliphatic hydroxyl groups excluding tert-OH is 1. The Hall–Kier alpha value is -2.43. The molecular formula is C27H37ClN4O4S.